The maximum Gasteiger partial charge on any atom is 0.263 e. The van der Waals surface area contributed by atoms with Gasteiger partial charge >= 0.3 is 0 Å². The van der Waals surface area contributed by atoms with Crippen molar-refractivity contribution in [1.29, 1.82) is 5.26 Å². The number of pyridine rings is 2. The maximum absolute atomic E-state index is 14.1. The summed E-state index contributed by atoms with van der Waals surface area (Å²) in [7, 11) is 1.56. The highest BCUT2D eigenvalue weighted by Crippen LogP contribution is 2.29. The second-order valence-electron chi connectivity index (χ2n) is 7.92. The molecule has 5 aromatic rings. The summed E-state index contributed by atoms with van der Waals surface area (Å²) in [4.78, 5) is 26.3. The van der Waals surface area contributed by atoms with E-state index >= 15 is 0 Å². The monoisotopic (exact) mass is 475 g/mol. The molecule has 3 N–H and O–H groups in total. The Hall–Kier alpha value is -5.23. The minimum Gasteiger partial charge on any atom is -0.481 e. The van der Waals surface area contributed by atoms with Gasteiger partial charge in [0.2, 0.25) is 11.8 Å². The van der Waals surface area contributed by atoms with E-state index in [4.69, 9.17) is 10.5 Å². The van der Waals surface area contributed by atoms with Gasteiger partial charge in [-0.05, 0) is 40.8 Å². The minimum atomic E-state index is -0.176. The first kappa shape index (κ1) is 22.6. The summed E-state index contributed by atoms with van der Waals surface area (Å²) in [6.45, 7) is 0.221. The number of nitriles is 1. The first-order chi connectivity index (χ1) is 17.6. The second-order valence-corrected chi connectivity index (χ2v) is 7.92. The number of hydrogen-bond donors (Lipinski definition) is 2. The predicted molar refractivity (Wildman–Crippen MR) is 138 cm³/mol. The Morgan fingerprint density at radius 3 is 2.69 bits per heavy atom. The van der Waals surface area contributed by atoms with Crippen molar-refractivity contribution in [3.8, 4) is 28.8 Å². The fourth-order valence-electron chi connectivity index (χ4n) is 4.12. The zero-order valence-electron chi connectivity index (χ0n) is 19.3. The van der Waals surface area contributed by atoms with Crippen LogP contribution in [0.5, 0.6) is 5.88 Å². The molecule has 0 saturated carbocycles. The molecule has 9 heteroatoms. The van der Waals surface area contributed by atoms with Crippen molar-refractivity contribution in [1.82, 2.24) is 19.5 Å². The molecule has 0 bridgehead atoms. The average molecular weight is 476 g/mol. The van der Waals surface area contributed by atoms with E-state index in [-0.39, 0.29) is 23.6 Å². The molecule has 0 aliphatic rings. The molecule has 0 aliphatic heterocycles. The number of rotatable bonds is 6. The molecule has 3 heterocycles. The van der Waals surface area contributed by atoms with Crippen molar-refractivity contribution in [2.75, 3.05) is 18.2 Å². The molecule has 9 nitrogen and oxygen atoms in total. The third-order valence-corrected chi connectivity index (χ3v) is 5.76. The summed E-state index contributed by atoms with van der Waals surface area (Å²) in [5.41, 5.74) is 8.80. The Kier molecular flexibility index (Phi) is 5.99. The lowest BCUT2D eigenvalue weighted by Crippen LogP contribution is -2.24. The molecule has 176 valence electrons. The Labute approximate surface area is 206 Å². The maximum atomic E-state index is 14.1. The quantitative estimate of drug-likeness (QED) is 0.378. The number of nitrogens with two attached hydrogens (primary N) is 1. The van der Waals surface area contributed by atoms with Crippen molar-refractivity contribution >= 4 is 22.5 Å². The summed E-state index contributed by atoms with van der Waals surface area (Å²) >= 11 is 0. The van der Waals surface area contributed by atoms with Gasteiger partial charge in [0.25, 0.3) is 5.56 Å². The van der Waals surface area contributed by atoms with Gasteiger partial charge in [0.15, 0.2) is 0 Å². The highest BCUT2D eigenvalue weighted by atomic mass is 16.5. The average Bonchev–Trinajstić information content (AvgIpc) is 2.92. The molecule has 5 rings (SSSR count). The van der Waals surface area contributed by atoms with Gasteiger partial charge in [-0.15, -0.1) is 0 Å². The largest absolute Gasteiger partial charge is 0.481 e. The van der Waals surface area contributed by atoms with Gasteiger partial charge in [-0.25, -0.2) is 9.97 Å². The van der Waals surface area contributed by atoms with Crippen LogP contribution in [0.15, 0.2) is 83.9 Å². The Bertz CT molecular complexity index is 1670. The number of fused-ring (bicyclic) bond motifs is 1. The van der Waals surface area contributed by atoms with Crippen LogP contribution in [0.3, 0.4) is 0 Å². The van der Waals surface area contributed by atoms with Gasteiger partial charge in [0.1, 0.15) is 17.5 Å². The van der Waals surface area contributed by atoms with Crippen molar-refractivity contribution in [3.63, 3.8) is 0 Å². The summed E-state index contributed by atoms with van der Waals surface area (Å²) in [5, 5.41) is 13.9. The number of anilines is 2. The molecule has 0 unspecified atom stereocenters. The van der Waals surface area contributed by atoms with E-state index < -0.39 is 0 Å². The number of nitrogens with zero attached hydrogens (tertiary/aromatic N) is 5. The number of para-hydroxylation sites is 1. The molecule has 0 saturated heterocycles. The van der Waals surface area contributed by atoms with Crippen LogP contribution in [0.25, 0.3) is 27.6 Å². The van der Waals surface area contributed by atoms with E-state index in [9.17, 15) is 10.1 Å². The van der Waals surface area contributed by atoms with Crippen molar-refractivity contribution < 1.29 is 4.74 Å². The van der Waals surface area contributed by atoms with Crippen LogP contribution in [0, 0.1) is 11.3 Å². The summed E-state index contributed by atoms with van der Waals surface area (Å²) < 4.78 is 6.95. The molecular weight excluding hydrogens is 454 g/mol. The molecule has 36 heavy (non-hydrogen) atoms. The highest BCUT2D eigenvalue weighted by molar-refractivity contribution is 5.96. The fraction of sp³-hybridized carbons (Fsp3) is 0.0741. The molecule has 0 spiro atoms. The lowest BCUT2D eigenvalue weighted by Gasteiger charge is -2.17. The van der Waals surface area contributed by atoms with Gasteiger partial charge in [0.05, 0.1) is 25.2 Å². The first-order valence-electron chi connectivity index (χ1n) is 11.1. The van der Waals surface area contributed by atoms with E-state index in [2.05, 4.69) is 26.3 Å². The molecule has 2 aromatic carbocycles. The lowest BCUT2D eigenvalue weighted by atomic mass is 9.99. The highest BCUT2D eigenvalue weighted by Gasteiger charge is 2.16. The minimum absolute atomic E-state index is 0.0490. The molecule has 0 atom stereocenters. The number of nitrogens with one attached hydrogen (secondary N) is 1. The molecule has 0 aliphatic carbocycles. The van der Waals surface area contributed by atoms with E-state index in [0.29, 0.717) is 28.5 Å². The second kappa shape index (κ2) is 9.56. The topological polar surface area (TPSA) is 132 Å². The molecule has 3 aromatic heterocycles. The van der Waals surface area contributed by atoms with Crippen molar-refractivity contribution in [3.05, 3.63) is 101 Å². The lowest BCUT2D eigenvalue weighted by molar-refractivity contribution is 0.398. The normalized spacial score (nSPS) is 10.7. The third kappa shape index (κ3) is 4.19. The number of aromatic nitrogens is 4. The van der Waals surface area contributed by atoms with Gasteiger partial charge in [-0.1, -0.05) is 36.4 Å². The summed E-state index contributed by atoms with van der Waals surface area (Å²) in [5.74, 6) is 0.814. The zero-order valence-corrected chi connectivity index (χ0v) is 19.3. The standard InChI is InChI=1S/C27H21N7O2/c1-36-23-13-17(10-11-30-23)22-9-5-6-18-12-21(16-31-25-19(14-28)15-32-27(29)33-25)34(26(35)24(18)22)20-7-3-2-4-8-20/h2-13,15H,16H2,1H3,(H3,29,31,32,33). The first-order valence-corrected chi connectivity index (χ1v) is 11.1. The van der Waals surface area contributed by atoms with E-state index in [0.717, 1.165) is 16.5 Å². The SMILES string of the molecule is COc1cc(-c2cccc3cc(CNc4nc(N)ncc4C#N)n(-c4ccccc4)c(=O)c23)ccn1. The number of hydrogen-bond acceptors (Lipinski definition) is 8. The van der Waals surface area contributed by atoms with E-state index in [1.807, 2.05) is 60.7 Å². The van der Waals surface area contributed by atoms with Crippen LogP contribution in [-0.4, -0.2) is 26.6 Å². The smallest absolute Gasteiger partial charge is 0.263 e. The fourth-order valence-corrected chi connectivity index (χ4v) is 4.12. The molecule has 0 amide bonds. The van der Waals surface area contributed by atoms with E-state index in [1.54, 1.807) is 23.9 Å². The van der Waals surface area contributed by atoms with Gasteiger partial charge in [-0.2, -0.15) is 10.2 Å². The molecule has 0 radical (unpaired) electrons. The Morgan fingerprint density at radius 1 is 1.08 bits per heavy atom. The predicted octanol–water partition coefficient (Wildman–Crippen LogP) is 3.92. The van der Waals surface area contributed by atoms with Gasteiger partial charge in [-0.3, -0.25) is 9.36 Å². The number of nitrogen functional groups attached to an aromatic ring is 1. The molecule has 0 fully saturated rings. The van der Waals surface area contributed by atoms with Crippen LogP contribution in [0.4, 0.5) is 11.8 Å². The van der Waals surface area contributed by atoms with Crippen LogP contribution in [-0.2, 0) is 6.54 Å². The van der Waals surface area contributed by atoms with Crippen LogP contribution in [0.2, 0.25) is 0 Å². The number of ether oxygens (including phenoxy) is 1. The zero-order chi connectivity index (χ0) is 25.1. The number of methoxy groups -OCH3 is 1. The van der Waals surface area contributed by atoms with E-state index in [1.165, 1.54) is 6.20 Å². The number of benzene rings is 2. The van der Waals surface area contributed by atoms with Crippen LogP contribution < -0.4 is 21.3 Å². The summed E-state index contributed by atoms with van der Waals surface area (Å²) in [6, 6.07) is 22.8. The van der Waals surface area contributed by atoms with Gasteiger partial charge in [0, 0.05) is 23.6 Å². The Morgan fingerprint density at radius 2 is 1.92 bits per heavy atom. The molecular formula is C27H21N7O2. The summed E-state index contributed by atoms with van der Waals surface area (Å²) in [6.07, 6.45) is 3.02. The van der Waals surface area contributed by atoms with Crippen molar-refractivity contribution in [2.24, 2.45) is 0 Å². The third-order valence-electron chi connectivity index (χ3n) is 5.76. The van der Waals surface area contributed by atoms with Gasteiger partial charge < -0.3 is 15.8 Å². The van der Waals surface area contributed by atoms with Crippen LogP contribution >= 0.6 is 0 Å². The Balaban J connectivity index is 1.70. The van der Waals surface area contributed by atoms with Crippen molar-refractivity contribution in [2.45, 2.75) is 6.54 Å². The van der Waals surface area contributed by atoms with Crippen LogP contribution in [0.1, 0.15) is 11.3 Å².